The normalized spacial score (nSPS) is 10.8. The molecule has 0 aliphatic heterocycles. The van der Waals surface area contributed by atoms with Gasteiger partial charge in [0.1, 0.15) is 18.2 Å². The summed E-state index contributed by atoms with van der Waals surface area (Å²) in [7, 11) is 1.54. The number of nitrogens with one attached hydrogen (secondary N) is 1. The zero-order chi connectivity index (χ0) is 22.2. The van der Waals surface area contributed by atoms with Gasteiger partial charge in [-0.2, -0.15) is 5.26 Å². The van der Waals surface area contributed by atoms with E-state index in [1.165, 1.54) is 11.6 Å². The number of benzene rings is 3. The summed E-state index contributed by atoms with van der Waals surface area (Å²) in [5.74, 6) is 0.555. The lowest BCUT2D eigenvalue weighted by atomic mass is 10.1. The summed E-state index contributed by atoms with van der Waals surface area (Å²) in [5, 5.41) is 12.6. The SMILES string of the molecule is COc1cc(/C=C(\C#N)C(=O)Nc2cccc(Cl)c2)ccc1OCc1ccc(C)cc1. The summed E-state index contributed by atoms with van der Waals surface area (Å²) < 4.78 is 11.3. The van der Waals surface area contributed by atoms with E-state index in [0.717, 1.165) is 5.56 Å². The Balaban J connectivity index is 1.74. The van der Waals surface area contributed by atoms with E-state index in [9.17, 15) is 10.1 Å². The Bertz CT molecular complexity index is 1150. The molecule has 31 heavy (non-hydrogen) atoms. The fourth-order valence-electron chi connectivity index (χ4n) is 2.82. The molecule has 0 atom stereocenters. The topological polar surface area (TPSA) is 71.3 Å². The summed E-state index contributed by atoms with van der Waals surface area (Å²) in [5.41, 5.74) is 3.33. The van der Waals surface area contributed by atoms with Gasteiger partial charge < -0.3 is 14.8 Å². The number of methoxy groups -OCH3 is 1. The highest BCUT2D eigenvalue weighted by Gasteiger charge is 2.11. The quantitative estimate of drug-likeness (QED) is 0.379. The number of carbonyl (C=O) groups excluding carboxylic acids is 1. The molecule has 156 valence electrons. The number of amides is 1. The highest BCUT2D eigenvalue weighted by Crippen LogP contribution is 2.30. The summed E-state index contributed by atoms with van der Waals surface area (Å²) in [4.78, 5) is 12.5. The molecule has 1 amide bonds. The Morgan fingerprint density at radius 2 is 1.87 bits per heavy atom. The number of hydrogen-bond donors (Lipinski definition) is 1. The first-order valence-corrected chi connectivity index (χ1v) is 9.91. The third-order valence-electron chi connectivity index (χ3n) is 4.46. The lowest BCUT2D eigenvalue weighted by Crippen LogP contribution is -2.13. The zero-order valence-electron chi connectivity index (χ0n) is 17.2. The predicted molar refractivity (Wildman–Crippen MR) is 122 cm³/mol. The summed E-state index contributed by atoms with van der Waals surface area (Å²) in [6, 6.07) is 22.0. The van der Waals surface area contributed by atoms with Crippen molar-refractivity contribution >= 4 is 29.3 Å². The van der Waals surface area contributed by atoms with Crippen LogP contribution in [-0.4, -0.2) is 13.0 Å². The first-order valence-electron chi connectivity index (χ1n) is 9.53. The van der Waals surface area contributed by atoms with E-state index in [1.807, 2.05) is 37.3 Å². The second-order valence-electron chi connectivity index (χ2n) is 6.82. The van der Waals surface area contributed by atoms with E-state index in [2.05, 4.69) is 5.32 Å². The molecule has 0 saturated heterocycles. The number of halogens is 1. The molecule has 6 heteroatoms. The van der Waals surface area contributed by atoms with Gasteiger partial charge in [0.25, 0.3) is 5.91 Å². The van der Waals surface area contributed by atoms with Crippen LogP contribution in [0.5, 0.6) is 11.5 Å². The number of nitriles is 1. The van der Waals surface area contributed by atoms with Crippen molar-refractivity contribution in [2.75, 3.05) is 12.4 Å². The van der Waals surface area contributed by atoms with Crippen LogP contribution in [-0.2, 0) is 11.4 Å². The molecule has 0 aromatic heterocycles. The van der Waals surface area contributed by atoms with Crippen molar-refractivity contribution in [1.29, 1.82) is 5.26 Å². The Labute approximate surface area is 186 Å². The molecule has 0 saturated carbocycles. The number of aryl methyl sites for hydroxylation is 1. The first kappa shape index (κ1) is 21.9. The molecule has 0 radical (unpaired) electrons. The van der Waals surface area contributed by atoms with Gasteiger partial charge in [-0.25, -0.2) is 0 Å². The highest BCUT2D eigenvalue weighted by atomic mass is 35.5. The Kier molecular flexibility index (Phi) is 7.31. The van der Waals surface area contributed by atoms with Crippen LogP contribution in [0.3, 0.4) is 0 Å². The van der Waals surface area contributed by atoms with E-state index in [4.69, 9.17) is 21.1 Å². The van der Waals surface area contributed by atoms with Crippen LogP contribution in [0.2, 0.25) is 5.02 Å². The van der Waals surface area contributed by atoms with Crippen molar-refractivity contribution < 1.29 is 14.3 Å². The van der Waals surface area contributed by atoms with Crippen LogP contribution in [0.4, 0.5) is 5.69 Å². The van der Waals surface area contributed by atoms with E-state index in [0.29, 0.717) is 34.4 Å². The van der Waals surface area contributed by atoms with Crippen molar-refractivity contribution in [3.63, 3.8) is 0 Å². The fraction of sp³-hybridized carbons (Fsp3) is 0.120. The van der Waals surface area contributed by atoms with Gasteiger partial charge in [-0.3, -0.25) is 4.79 Å². The van der Waals surface area contributed by atoms with Gasteiger partial charge in [0.15, 0.2) is 11.5 Å². The number of anilines is 1. The number of hydrogen-bond acceptors (Lipinski definition) is 4. The molecule has 1 N–H and O–H groups in total. The molecule has 3 aromatic rings. The molecule has 0 bridgehead atoms. The molecular weight excluding hydrogens is 412 g/mol. The predicted octanol–water partition coefficient (Wildman–Crippen LogP) is 5.78. The van der Waals surface area contributed by atoms with Crippen molar-refractivity contribution in [2.24, 2.45) is 0 Å². The van der Waals surface area contributed by atoms with Crippen LogP contribution in [0.15, 0.2) is 72.3 Å². The first-order chi connectivity index (χ1) is 15.0. The molecule has 0 fully saturated rings. The van der Waals surface area contributed by atoms with E-state index in [-0.39, 0.29) is 5.57 Å². The molecule has 3 rings (SSSR count). The molecule has 0 heterocycles. The van der Waals surface area contributed by atoms with Crippen molar-refractivity contribution in [2.45, 2.75) is 13.5 Å². The van der Waals surface area contributed by atoms with Crippen LogP contribution in [0.25, 0.3) is 6.08 Å². The maximum atomic E-state index is 12.5. The average molecular weight is 433 g/mol. The Morgan fingerprint density at radius 3 is 2.55 bits per heavy atom. The Morgan fingerprint density at radius 1 is 1.10 bits per heavy atom. The van der Waals surface area contributed by atoms with Crippen molar-refractivity contribution in [3.05, 3.63) is 94.0 Å². The summed E-state index contributed by atoms with van der Waals surface area (Å²) in [6.07, 6.45) is 1.49. The van der Waals surface area contributed by atoms with Gasteiger partial charge in [0, 0.05) is 10.7 Å². The molecule has 0 unspecified atom stereocenters. The fourth-order valence-corrected chi connectivity index (χ4v) is 3.01. The van der Waals surface area contributed by atoms with Gasteiger partial charge in [-0.05, 0) is 54.5 Å². The van der Waals surface area contributed by atoms with Crippen molar-refractivity contribution in [1.82, 2.24) is 0 Å². The van der Waals surface area contributed by atoms with Crippen molar-refractivity contribution in [3.8, 4) is 17.6 Å². The Hall–Kier alpha value is -3.75. The molecule has 0 aliphatic rings. The van der Waals surface area contributed by atoms with Gasteiger partial charge in [-0.15, -0.1) is 0 Å². The average Bonchev–Trinajstić information content (AvgIpc) is 2.77. The monoisotopic (exact) mass is 432 g/mol. The van der Waals surface area contributed by atoms with Crippen LogP contribution in [0, 0.1) is 18.3 Å². The maximum absolute atomic E-state index is 12.5. The van der Waals surface area contributed by atoms with Gasteiger partial charge >= 0.3 is 0 Å². The van der Waals surface area contributed by atoms with Crippen LogP contribution in [0.1, 0.15) is 16.7 Å². The van der Waals surface area contributed by atoms with Gasteiger partial charge in [0.2, 0.25) is 0 Å². The second-order valence-corrected chi connectivity index (χ2v) is 7.26. The number of ether oxygens (including phenoxy) is 2. The number of nitrogens with zero attached hydrogens (tertiary/aromatic N) is 1. The molecule has 5 nitrogen and oxygen atoms in total. The smallest absolute Gasteiger partial charge is 0.266 e. The molecule has 0 aliphatic carbocycles. The van der Waals surface area contributed by atoms with Crippen LogP contribution >= 0.6 is 11.6 Å². The van der Waals surface area contributed by atoms with E-state index >= 15 is 0 Å². The molecule has 3 aromatic carbocycles. The van der Waals surface area contributed by atoms with Gasteiger partial charge in [-0.1, -0.05) is 53.6 Å². The summed E-state index contributed by atoms with van der Waals surface area (Å²) in [6.45, 7) is 2.43. The minimum absolute atomic E-state index is 0.0460. The highest BCUT2D eigenvalue weighted by molar-refractivity contribution is 6.31. The minimum atomic E-state index is -0.525. The zero-order valence-corrected chi connectivity index (χ0v) is 17.9. The minimum Gasteiger partial charge on any atom is -0.493 e. The third kappa shape index (κ3) is 6.11. The van der Waals surface area contributed by atoms with Gasteiger partial charge in [0.05, 0.1) is 7.11 Å². The number of rotatable bonds is 7. The van der Waals surface area contributed by atoms with E-state index < -0.39 is 5.91 Å². The molecular formula is C25H21ClN2O3. The standard InChI is InChI=1S/C25H21ClN2O3/c1-17-6-8-18(9-7-17)16-31-23-11-10-19(13-24(23)30-2)12-20(15-27)25(29)28-22-5-3-4-21(26)14-22/h3-14H,16H2,1-2H3,(H,28,29)/b20-12+. The van der Waals surface area contributed by atoms with Crippen LogP contribution < -0.4 is 14.8 Å². The largest absolute Gasteiger partial charge is 0.493 e. The molecule has 0 spiro atoms. The van der Waals surface area contributed by atoms with E-state index in [1.54, 1.807) is 49.6 Å². The second kappa shape index (κ2) is 10.3. The number of carbonyl (C=O) groups is 1. The third-order valence-corrected chi connectivity index (χ3v) is 4.70. The maximum Gasteiger partial charge on any atom is 0.266 e. The lowest BCUT2D eigenvalue weighted by Gasteiger charge is -2.12. The summed E-state index contributed by atoms with van der Waals surface area (Å²) >= 11 is 5.93. The lowest BCUT2D eigenvalue weighted by molar-refractivity contribution is -0.112.